The number of fused-ring (bicyclic) bond motifs is 1. The van der Waals surface area contributed by atoms with Crippen molar-refractivity contribution in [3.05, 3.63) is 114 Å². The molecule has 1 atom stereocenters. The number of aromatic nitrogens is 1. The van der Waals surface area contributed by atoms with Crippen LogP contribution in [0.25, 0.3) is 12.2 Å². The molecule has 0 bridgehead atoms. The molecule has 2 aliphatic rings. The summed E-state index contributed by atoms with van der Waals surface area (Å²) in [5, 5.41) is 0. The van der Waals surface area contributed by atoms with Crippen LogP contribution in [0.1, 0.15) is 48.4 Å². The average molecular weight is 638 g/mol. The molecule has 0 fully saturated rings. The van der Waals surface area contributed by atoms with E-state index in [1.165, 1.54) is 11.3 Å². The van der Waals surface area contributed by atoms with Crippen LogP contribution in [0.15, 0.2) is 87.3 Å². The Labute approximate surface area is 273 Å². The molecule has 8 nitrogen and oxygen atoms in total. The van der Waals surface area contributed by atoms with E-state index in [0.717, 1.165) is 64.9 Å². The van der Waals surface area contributed by atoms with Crippen LogP contribution in [0.3, 0.4) is 0 Å². The zero-order chi connectivity index (χ0) is 32.4. The molecule has 2 heterocycles. The first kappa shape index (κ1) is 31.2. The Morgan fingerprint density at radius 3 is 2.09 bits per heavy atom. The molecule has 0 saturated carbocycles. The predicted octanol–water partition coefficient (Wildman–Crippen LogP) is 5.97. The van der Waals surface area contributed by atoms with E-state index < -0.39 is 0 Å². The second-order valence-electron chi connectivity index (χ2n) is 11.5. The second-order valence-corrected chi connectivity index (χ2v) is 12.6. The van der Waals surface area contributed by atoms with E-state index in [2.05, 4.69) is 23.1 Å². The fraction of sp³-hybridized carbons (Fsp3) is 0.297. The fourth-order valence-corrected chi connectivity index (χ4v) is 7.21. The molecule has 1 aliphatic carbocycles. The second kappa shape index (κ2) is 13.3. The highest BCUT2D eigenvalue weighted by Gasteiger charge is 2.32. The van der Waals surface area contributed by atoms with Gasteiger partial charge in [-0.15, -0.1) is 0 Å². The number of nitrogens with zero attached hydrogens (tertiary/aromatic N) is 3. The molecule has 3 aromatic carbocycles. The number of benzene rings is 3. The Balaban J connectivity index is 1.57. The average Bonchev–Trinajstić information content (AvgIpc) is 3.24. The summed E-state index contributed by atoms with van der Waals surface area (Å²) in [6, 6.07) is 19.7. The summed E-state index contributed by atoms with van der Waals surface area (Å²) in [6.07, 6.45) is 7.87. The third kappa shape index (κ3) is 5.95. The van der Waals surface area contributed by atoms with Crippen molar-refractivity contribution in [2.75, 3.05) is 47.4 Å². The van der Waals surface area contributed by atoms with Crippen molar-refractivity contribution in [3.63, 3.8) is 0 Å². The van der Waals surface area contributed by atoms with Crippen LogP contribution in [-0.4, -0.2) is 47.1 Å². The predicted molar refractivity (Wildman–Crippen MR) is 184 cm³/mol. The number of thiazole rings is 1. The monoisotopic (exact) mass is 637 g/mol. The number of anilines is 1. The molecule has 238 valence electrons. The van der Waals surface area contributed by atoms with Gasteiger partial charge in [-0.05, 0) is 102 Å². The first-order chi connectivity index (χ1) is 22.3. The smallest absolute Gasteiger partial charge is 0.271 e. The Hall–Kier alpha value is -4.76. The molecule has 0 radical (unpaired) electrons. The third-order valence-electron chi connectivity index (χ3n) is 8.56. The van der Waals surface area contributed by atoms with Gasteiger partial charge in [0.2, 0.25) is 0 Å². The summed E-state index contributed by atoms with van der Waals surface area (Å²) >= 11 is 1.43. The Morgan fingerprint density at radius 1 is 0.783 bits per heavy atom. The van der Waals surface area contributed by atoms with Gasteiger partial charge in [-0.1, -0.05) is 35.6 Å². The highest BCUT2D eigenvalue weighted by molar-refractivity contribution is 7.07. The molecule has 6 rings (SSSR count). The lowest BCUT2D eigenvalue weighted by molar-refractivity contribution is 0.354. The van der Waals surface area contributed by atoms with Gasteiger partial charge in [0.05, 0.1) is 44.7 Å². The van der Waals surface area contributed by atoms with Gasteiger partial charge in [0, 0.05) is 19.8 Å². The molecule has 1 aromatic heterocycles. The van der Waals surface area contributed by atoms with Gasteiger partial charge in [0.15, 0.2) is 27.8 Å². The number of methoxy groups -OCH3 is 4. The normalized spacial score (nSPS) is 17.1. The molecule has 9 heteroatoms. The number of allylic oxidation sites excluding steroid dienone is 2. The number of hydrogen-bond donors (Lipinski definition) is 0. The van der Waals surface area contributed by atoms with Gasteiger partial charge in [-0.3, -0.25) is 9.36 Å². The Bertz CT molecular complexity index is 2000. The first-order valence-electron chi connectivity index (χ1n) is 15.3. The van der Waals surface area contributed by atoms with Crippen molar-refractivity contribution < 1.29 is 18.9 Å². The molecule has 0 spiro atoms. The lowest BCUT2D eigenvalue weighted by atomic mass is 9.91. The van der Waals surface area contributed by atoms with E-state index >= 15 is 0 Å². The minimum atomic E-state index is -0.337. The highest BCUT2D eigenvalue weighted by atomic mass is 32.1. The SMILES string of the molecule is COc1ccc(/C=C2\CCCCC3=C2N=c2s/c(=C\c4ccc(N(C)C)cc4)c(=O)n2C3c2ccc(OC)c(OC)c2)cc1OC. The van der Waals surface area contributed by atoms with Gasteiger partial charge in [-0.2, -0.15) is 0 Å². The maximum Gasteiger partial charge on any atom is 0.271 e. The Morgan fingerprint density at radius 2 is 1.41 bits per heavy atom. The Kier molecular flexibility index (Phi) is 9.03. The zero-order valence-corrected chi connectivity index (χ0v) is 27.9. The largest absolute Gasteiger partial charge is 0.493 e. The summed E-state index contributed by atoms with van der Waals surface area (Å²) < 4.78 is 24.8. The van der Waals surface area contributed by atoms with Crippen LogP contribution in [0.4, 0.5) is 5.69 Å². The number of hydrogen-bond acceptors (Lipinski definition) is 8. The molecule has 0 saturated heterocycles. The van der Waals surface area contributed by atoms with E-state index in [-0.39, 0.29) is 11.6 Å². The van der Waals surface area contributed by atoms with E-state index in [9.17, 15) is 4.79 Å². The van der Waals surface area contributed by atoms with E-state index in [0.29, 0.717) is 32.3 Å². The van der Waals surface area contributed by atoms with Gasteiger partial charge in [0.1, 0.15) is 0 Å². The lowest BCUT2D eigenvalue weighted by Gasteiger charge is -2.27. The molecular formula is C37H39N3O5S. The van der Waals surface area contributed by atoms with E-state index in [1.54, 1.807) is 28.4 Å². The topological polar surface area (TPSA) is 74.5 Å². The van der Waals surface area contributed by atoms with E-state index in [4.69, 9.17) is 23.9 Å². The van der Waals surface area contributed by atoms with Crippen LogP contribution in [0.2, 0.25) is 0 Å². The molecule has 46 heavy (non-hydrogen) atoms. The summed E-state index contributed by atoms with van der Waals surface area (Å²) in [7, 11) is 10.6. The van der Waals surface area contributed by atoms with E-state index in [1.807, 2.05) is 73.3 Å². The van der Waals surface area contributed by atoms with Gasteiger partial charge >= 0.3 is 0 Å². The van der Waals surface area contributed by atoms with Gasteiger partial charge in [-0.25, -0.2) is 4.99 Å². The van der Waals surface area contributed by atoms with Crippen LogP contribution in [-0.2, 0) is 0 Å². The summed E-state index contributed by atoms with van der Waals surface area (Å²) in [5.74, 6) is 2.62. The van der Waals surface area contributed by atoms with Crippen molar-refractivity contribution in [1.82, 2.24) is 4.57 Å². The van der Waals surface area contributed by atoms with Crippen molar-refractivity contribution in [2.24, 2.45) is 4.99 Å². The van der Waals surface area contributed by atoms with Crippen LogP contribution in [0.5, 0.6) is 23.0 Å². The lowest BCUT2D eigenvalue weighted by Crippen LogP contribution is -2.38. The molecular weight excluding hydrogens is 598 g/mol. The van der Waals surface area contributed by atoms with Crippen molar-refractivity contribution >= 4 is 29.2 Å². The summed E-state index contributed by atoms with van der Waals surface area (Å²) in [6.45, 7) is 0. The summed E-state index contributed by atoms with van der Waals surface area (Å²) in [4.78, 5) is 22.3. The molecule has 0 amide bonds. The van der Waals surface area contributed by atoms with Gasteiger partial charge in [0.25, 0.3) is 5.56 Å². The van der Waals surface area contributed by atoms with Gasteiger partial charge < -0.3 is 23.8 Å². The zero-order valence-electron chi connectivity index (χ0n) is 27.1. The van der Waals surface area contributed by atoms with Crippen molar-refractivity contribution in [2.45, 2.75) is 31.7 Å². The van der Waals surface area contributed by atoms with Crippen molar-refractivity contribution in [1.29, 1.82) is 0 Å². The first-order valence-corrected chi connectivity index (χ1v) is 16.1. The molecule has 4 aromatic rings. The molecule has 0 N–H and O–H groups in total. The minimum Gasteiger partial charge on any atom is -0.493 e. The standard InChI is InChI=1S/C37H39N3O5S/c1-39(2)27-15-11-23(12-16-27)21-33-36(41)40-35(26-14-18-30(43-4)32(22-26)45-6)28-10-8-7-9-25(34(28)38-37(40)46-33)19-24-13-17-29(42-3)31(20-24)44-5/h11-22,35H,7-10H2,1-6H3/b25-19+,33-21-. The van der Waals surface area contributed by atoms with Crippen LogP contribution in [0, 0.1) is 0 Å². The highest BCUT2D eigenvalue weighted by Crippen LogP contribution is 2.42. The number of rotatable bonds is 8. The maximum absolute atomic E-state index is 14.3. The summed E-state index contributed by atoms with van der Waals surface area (Å²) in [5.41, 5.74) is 7.20. The maximum atomic E-state index is 14.3. The quantitative estimate of drug-likeness (QED) is 0.237. The van der Waals surface area contributed by atoms with Crippen LogP contribution >= 0.6 is 11.3 Å². The molecule has 1 unspecified atom stereocenters. The number of ether oxygens (including phenoxy) is 4. The van der Waals surface area contributed by atoms with Crippen LogP contribution < -0.4 is 38.7 Å². The third-order valence-corrected chi connectivity index (χ3v) is 9.55. The van der Waals surface area contributed by atoms with Crippen molar-refractivity contribution in [3.8, 4) is 23.0 Å². The fourth-order valence-electron chi connectivity index (χ4n) is 6.21. The minimum absolute atomic E-state index is 0.0542. The molecule has 1 aliphatic heterocycles.